The lowest BCUT2D eigenvalue weighted by molar-refractivity contribution is -0.119. The van der Waals surface area contributed by atoms with Crippen molar-refractivity contribution in [1.29, 1.82) is 5.26 Å². The lowest BCUT2D eigenvalue weighted by Crippen LogP contribution is -2.21. The average Bonchev–Trinajstić information content (AvgIpc) is 2.36. The van der Waals surface area contributed by atoms with E-state index in [1.165, 1.54) is 18.2 Å². The fourth-order valence-corrected chi connectivity index (χ4v) is 1.64. The molecule has 0 aliphatic rings. The van der Waals surface area contributed by atoms with Gasteiger partial charge in [0.25, 0.3) is 0 Å². The van der Waals surface area contributed by atoms with Crippen molar-refractivity contribution in [2.45, 2.75) is 33.1 Å². The van der Waals surface area contributed by atoms with Crippen LogP contribution in [0.15, 0.2) is 18.2 Å². The van der Waals surface area contributed by atoms with Crippen molar-refractivity contribution in [3.63, 3.8) is 0 Å². The summed E-state index contributed by atoms with van der Waals surface area (Å²) in [5.74, 6) is -0.929. The highest BCUT2D eigenvalue weighted by molar-refractivity contribution is 5.93. The molecule has 18 heavy (non-hydrogen) atoms. The third kappa shape index (κ3) is 3.56. The Balaban J connectivity index is 2.76. The van der Waals surface area contributed by atoms with Gasteiger partial charge in [-0.15, -0.1) is 0 Å². The van der Waals surface area contributed by atoms with Crippen LogP contribution in [-0.4, -0.2) is 5.91 Å². The number of anilines is 1. The third-order valence-electron chi connectivity index (χ3n) is 2.82. The predicted octanol–water partition coefficient (Wildman–Crippen LogP) is 3.46. The summed E-state index contributed by atoms with van der Waals surface area (Å²) in [6, 6.07) is 5.97. The molecule has 1 aromatic carbocycles. The summed E-state index contributed by atoms with van der Waals surface area (Å²) in [7, 11) is 0. The molecular weight excluding hydrogens is 231 g/mol. The molecule has 1 N–H and O–H groups in total. The highest BCUT2D eigenvalue weighted by atomic mass is 19.1. The molecule has 0 fully saturated rings. The Morgan fingerprint density at radius 3 is 2.89 bits per heavy atom. The quantitative estimate of drug-likeness (QED) is 0.867. The molecular formula is C14H17FN2O. The van der Waals surface area contributed by atoms with Gasteiger partial charge < -0.3 is 5.32 Å². The Morgan fingerprint density at radius 1 is 1.56 bits per heavy atom. The molecule has 1 aromatic rings. The Hall–Kier alpha value is -1.89. The first-order valence-electron chi connectivity index (χ1n) is 6.09. The zero-order valence-electron chi connectivity index (χ0n) is 10.7. The topological polar surface area (TPSA) is 52.9 Å². The summed E-state index contributed by atoms with van der Waals surface area (Å²) in [6.45, 7) is 3.89. The van der Waals surface area contributed by atoms with E-state index in [9.17, 15) is 9.18 Å². The van der Waals surface area contributed by atoms with E-state index in [0.29, 0.717) is 0 Å². The van der Waals surface area contributed by atoms with Gasteiger partial charge in [0.15, 0.2) is 0 Å². The van der Waals surface area contributed by atoms with Gasteiger partial charge in [0, 0.05) is 5.92 Å². The minimum Gasteiger partial charge on any atom is -0.325 e. The highest BCUT2D eigenvalue weighted by Crippen LogP contribution is 2.19. The maximum atomic E-state index is 13.3. The predicted molar refractivity (Wildman–Crippen MR) is 68.4 cm³/mol. The van der Waals surface area contributed by atoms with Crippen LogP contribution in [0.2, 0.25) is 0 Å². The van der Waals surface area contributed by atoms with Crippen LogP contribution in [-0.2, 0) is 4.79 Å². The van der Waals surface area contributed by atoms with E-state index in [-0.39, 0.29) is 23.1 Å². The van der Waals surface area contributed by atoms with Crippen LogP contribution in [0.5, 0.6) is 0 Å². The molecule has 0 saturated heterocycles. The number of carbonyl (C=O) groups excluding carboxylic acids is 1. The van der Waals surface area contributed by atoms with Crippen molar-refractivity contribution in [3.8, 4) is 6.07 Å². The Kier molecular flexibility index (Phi) is 5.31. The van der Waals surface area contributed by atoms with E-state index in [1.54, 1.807) is 6.07 Å². The molecule has 0 aliphatic carbocycles. The zero-order chi connectivity index (χ0) is 13.5. The van der Waals surface area contributed by atoms with Crippen LogP contribution in [0.1, 0.15) is 38.7 Å². The van der Waals surface area contributed by atoms with Crippen molar-refractivity contribution >= 4 is 11.6 Å². The average molecular weight is 248 g/mol. The number of hydrogen-bond donors (Lipinski definition) is 1. The number of nitrogens with one attached hydrogen (secondary N) is 1. The van der Waals surface area contributed by atoms with E-state index < -0.39 is 5.82 Å². The molecule has 96 valence electrons. The van der Waals surface area contributed by atoms with Crippen LogP contribution in [0.3, 0.4) is 0 Å². The van der Waals surface area contributed by atoms with Gasteiger partial charge in [-0.3, -0.25) is 4.79 Å². The largest absolute Gasteiger partial charge is 0.325 e. The summed E-state index contributed by atoms with van der Waals surface area (Å²) in [6.07, 6.45) is 2.80. The minimum absolute atomic E-state index is 0.117. The number of nitrogens with zero attached hydrogens (tertiary/aromatic N) is 1. The van der Waals surface area contributed by atoms with Gasteiger partial charge in [-0.25, -0.2) is 4.39 Å². The first kappa shape index (κ1) is 14.2. The van der Waals surface area contributed by atoms with Crippen LogP contribution in [0, 0.1) is 23.1 Å². The van der Waals surface area contributed by atoms with Crippen LogP contribution >= 0.6 is 0 Å². The monoisotopic (exact) mass is 248 g/mol. The number of carbonyl (C=O) groups is 1. The van der Waals surface area contributed by atoms with Crippen molar-refractivity contribution in [3.05, 3.63) is 29.6 Å². The van der Waals surface area contributed by atoms with Crippen molar-refractivity contribution in [2.75, 3.05) is 5.32 Å². The van der Waals surface area contributed by atoms with E-state index in [1.807, 2.05) is 6.92 Å². The highest BCUT2D eigenvalue weighted by Gasteiger charge is 2.15. The van der Waals surface area contributed by atoms with E-state index >= 15 is 0 Å². The maximum absolute atomic E-state index is 13.3. The van der Waals surface area contributed by atoms with E-state index in [0.717, 1.165) is 19.3 Å². The number of benzene rings is 1. The standard InChI is InChI=1S/C14H17FN2O/c1-3-4-6-10(2)14(18)17-13-8-5-7-12(15)11(13)9-16/h5,7-8,10H,3-4,6H2,1-2H3,(H,17,18). The van der Waals surface area contributed by atoms with E-state index in [4.69, 9.17) is 5.26 Å². The molecule has 3 nitrogen and oxygen atoms in total. The second kappa shape index (κ2) is 6.75. The normalized spacial score (nSPS) is 11.7. The first-order chi connectivity index (χ1) is 8.60. The number of nitriles is 1. The maximum Gasteiger partial charge on any atom is 0.227 e. The molecule has 0 aliphatic heterocycles. The Bertz CT molecular complexity index is 465. The summed E-state index contributed by atoms with van der Waals surface area (Å²) in [4.78, 5) is 11.9. The molecule has 0 radical (unpaired) electrons. The summed E-state index contributed by atoms with van der Waals surface area (Å²) >= 11 is 0. The van der Waals surface area contributed by atoms with Gasteiger partial charge in [0.2, 0.25) is 5.91 Å². The third-order valence-corrected chi connectivity index (χ3v) is 2.82. The number of hydrogen-bond acceptors (Lipinski definition) is 2. The van der Waals surface area contributed by atoms with Gasteiger partial charge >= 0.3 is 0 Å². The summed E-state index contributed by atoms with van der Waals surface area (Å²) < 4.78 is 13.3. The van der Waals surface area contributed by atoms with Gasteiger partial charge in [0.1, 0.15) is 17.4 Å². The van der Waals surface area contributed by atoms with Gasteiger partial charge in [0.05, 0.1) is 5.69 Å². The molecule has 0 aromatic heterocycles. The zero-order valence-corrected chi connectivity index (χ0v) is 10.7. The van der Waals surface area contributed by atoms with Gasteiger partial charge in [-0.1, -0.05) is 32.8 Å². The molecule has 1 unspecified atom stereocenters. The molecule has 0 saturated carbocycles. The van der Waals surface area contributed by atoms with Crippen molar-refractivity contribution in [1.82, 2.24) is 0 Å². The fraction of sp³-hybridized carbons (Fsp3) is 0.429. The molecule has 1 atom stereocenters. The van der Waals surface area contributed by atoms with Crippen molar-refractivity contribution < 1.29 is 9.18 Å². The Morgan fingerprint density at radius 2 is 2.28 bits per heavy atom. The number of halogens is 1. The lowest BCUT2D eigenvalue weighted by Gasteiger charge is -2.12. The SMILES string of the molecule is CCCCC(C)C(=O)Nc1cccc(F)c1C#N. The smallest absolute Gasteiger partial charge is 0.227 e. The van der Waals surface area contributed by atoms with Crippen LogP contribution in [0.25, 0.3) is 0 Å². The van der Waals surface area contributed by atoms with Crippen LogP contribution in [0.4, 0.5) is 10.1 Å². The Labute approximate surface area is 107 Å². The summed E-state index contributed by atoms with van der Waals surface area (Å²) in [5.41, 5.74) is 0.124. The summed E-state index contributed by atoms with van der Waals surface area (Å²) in [5, 5.41) is 11.5. The molecule has 1 amide bonds. The number of rotatable bonds is 5. The van der Waals surface area contributed by atoms with Crippen LogP contribution < -0.4 is 5.32 Å². The second-order valence-corrected chi connectivity index (χ2v) is 4.31. The number of unbranched alkanes of at least 4 members (excludes halogenated alkanes) is 1. The van der Waals surface area contributed by atoms with E-state index in [2.05, 4.69) is 12.2 Å². The first-order valence-corrected chi connectivity index (χ1v) is 6.09. The fourth-order valence-electron chi connectivity index (χ4n) is 1.64. The molecule has 0 bridgehead atoms. The molecule has 1 rings (SSSR count). The van der Waals surface area contributed by atoms with Crippen molar-refractivity contribution in [2.24, 2.45) is 5.92 Å². The molecule has 0 spiro atoms. The van der Waals surface area contributed by atoms with Gasteiger partial charge in [-0.2, -0.15) is 5.26 Å². The number of amides is 1. The lowest BCUT2D eigenvalue weighted by atomic mass is 10.0. The molecule has 4 heteroatoms. The minimum atomic E-state index is -0.614. The van der Waals surface area contributed by atoms with Gasteiger partial charge in [-0.05, 0) is 18.6 Å². The second-order valence-electron chi connectivity index (χ2n) is 4.31. The molecule has 0 heterocycles.